The van der Waals surface area contributed by atoms with Crippen molar-refractivity contribution in [2.24, 2.45) is 0 Å². The molecule has 2 heterocycles. The number of amides is 2. The van der Waals surface area contributed by atoms with Gasteiger partial charge in [0.15, 0.2) is 9.84 Å². The summed E-state index contributed by atoms with van der Waals surface area (Å²) in [5.41, 5.74) is 1.07. The maximum absolute atomic E-state index is 12.8. The number of hydrogen-bond acceptors (Lipinski definition) is 6. The first-order chi connectivity index (χ1) is 14.2. The van der Waals surface area contributed by atoms with E-state index in [1.807, 2.05) is 37.3 Å². The first-order valence-corrected chi connectivity index (χ1v) is 12.3. The van der Waals surface area contributed by atoms with Crippen LogP contribution in [0, 0.1) is 0 Å². The van der Waals surface area contributed by atoms with E-state index in [0.29, 0.717) is 32.6 Å². The third-order valence-corrected chi connectivity index (χ3v) is 7.87. The lowest BCUT2D eigenvalue weighted by Crippen LogP contribution is -2.56. The SMILES string of the molecule is CC(C(=O)N(C)C1CCS(=O)(=O)C1)N1CCN(CC(=O)NCc2ccccc2)CC1. The Hall–Kier alpha value is -1.97. The van der Waals surface area contributed by atoms with Crippen LogP contribution in [0.4, 0.5) is 0 Å². The zero-order chi connectivity index (χ0) is 21.7. The zero-order valence-corrected chi connectivity index (χ0v) is 18.6. The Morgan fingerprint density at radius 1 is 1.17 bits per heavy atom. The molecule has 2 atom stereocenters. The van der Waals surface area contributed by atoms with Crippen molar-refractivity contribution >= 4 is 21.7 Å². The Kier molecular flexibility index (Phi) is 7.49. The maximum atomic E-state index is 12.8. The molecule has 0 aliphatic carbocycles. The van der Waals surface area contributed by atoms with Crippen LogP contribution in [0.3, 0.4) is 0 Å². The third-order valence-electron chi connectivity index (χ3n) is 6.12. The van der Waals surface area contributed by atoms with E-state index in [2.05, 4.69) is 15.1 Å². The molecule has 0 bridgehead atoms. The van der Waals surface area contributed by atoms with Crippen molar-refractivity contribution < 1.29 is 18.0 Å². The Morgan fingerprint density at radius 3 is 2.43 bits per heavy atom. The van der Waals surface area contributed by atoms with Gasteiger partial charge in [-0.1, -0.05) is 30.3 Å². The number of carbonyl (C=O) groups is 2. The molecule has 1 aromatic carbocycles. The molecule has 2 aliphatic rings. The summed E-state index contributed by atoms with van der Waals surface area (Å²) < 4.78 is 23.4. The second kappa shape index (κ2) is 9.89. The van der Waals surface area contributed by atoms with Crippen molar-refractivity contribution in [3.8, 4) is 0 Å². The molecular formula is C21H32N4O4S. The quantitative estimate of drug-likeness (QED) is 0.645. The summed E-state index contributed by atoms with van der Waals surface area (Å²) >= 11 is 0. The fourth-order valence-electron chi connectivity index (χ4n) is 4.08. The van der Waals surface area contributed by atoms with Gasteiger partial charge in [0, 0.05) is 45.8 Å². The molecular weight excluding hydrogens is 404 g/mol. The standard InChI is InChI=1S/C21H32N4O4S/c1-17(21(27)23(2)19-8-13-30(28,29)16-19)25-11-9-24(10-12-25)15-20(26)22-14-18-6-4-3-5-7-18/h3-7,17,19H,8-16H2,1-2H3,(H,22,26). The Morgan fingerprint density at radius 2 is 1.83 bits per heavy atom. The first kappa shape index (κ1) is 22.7. The number of hydrogen-bond donors (Lipinski definition) is 1. The van der Waals surface area contributed by atoms with Gasteiger partial charge in [-0.05, 0) is 18.9 Å². The molecule has 0 spiro atoms. The van der Waals surface area contributed by atoms with E-state index in [-0.39, 0.29) is 35.4 Å². The molecule has 3 rings (SSSR count). The molecule has 30 heavy (non-hydrogen) atoms. The average molecular weight is 437 g/mol. The van der Waals surface area contributed by atoms with Gasteiger partial charge in [-0.15, -0.1) is 0 Å². The van der Waals surface area contributed by atoms with Crippen LogP contribution < -0.4 is 5.32 Å². The van der Waals surface area contributed by atoms with E-state index < -0.39 is 9.84 Å². The number of nitrogens with one attached hydrogen (secondary N) is 1. The lowest BCUT2D eigenvalue weighted by Gasteiger charge is -2.39. The van der Waals surface area contributed by atoms with E-state index in [1.54, 1.807) is 11.9 Å². The van der Waals surface area contributed by atoms with Crippen LogP contribution in [-0.4, -0.2) is 98.3 Å². The van der Waals surface area contributed by atoms with Gasteiger partial charge in [0.05, 0.1) is 24.1 Å². The van der Waals surface area contributed by atoms with Crippen molar-refractivity contribution in [1.29, 1.82) is 0 Å². The second-order valence-corrected chi connectivity index (χ2v) is 10.5. The summed E-state index contributed by atoms with van der Waals surface area (Å²) in [7, 11) is -1.31. The molecule has 0 saturated carbocycles. The van der Waals surface area contributed by atoms with Crippen molar-refractivity contribution in [3.05, 3.63) is 35.9 Å². The molecule has 1 aromatic rings. The number of carbonyl (C=O) groups excluding carboxylic acids is 2. The van der Waals surface area contributed by atoms with E-state index in [9.17, 15) is 18.0 Å². The van der Waals surface area contributed by atoms with Gasteiger partial charge in [0.2, 0.25) is 11.8 Å². The Balaban J connectivity index is 1.41. The molecule has 9 heteroatoms. The maximum Gasteiger partial charge on any atom is 0.239 e. The van der Waals surface area contributed by atoms with Crippen LogP contribution in [0.1, 0.15) is 18.9 Å². The summed E-state index contributed by atoms with van der Waals surface area (Å²) in [6, 6.07) is 9.29. The first-order valence-electron chi connectivity index (χ1n) is 10.5. The highest BCUT2D eigenvalue weighted by Gasteiger charge is 2.36. The molecule has 1 N–H and O–H groups in total. The number of benzene rings is 1. The predicted molar refractivity (Wildman–Crippen MR) is 116 cm³/mol. The number of likely N-dealkylation sites (N-methyl/N-ethyl adjacent to an activating group) is 1. The van der Waals surface area contributed by atoms with Crippen molar-refractivity contribution in [2.45, 2.75) is 32.0 Å². The lowest BCUT2D eigenvalue weighted by atomic mass is 10.1. The summed E-state index contributed by atoms with van der Waals surface area (Å²) in [5.74, 6) is 0.187. The minimum atomic E-state index is -3.02. The molecule has 2 unspecified atom stereocenters. The summed E-state index contributed by atoms with van der Waals surface area (Å²) in [4.78, 5) is 30.9. The van der Waals surface area contributed by atoms with Crippen LogP contribution >= 0.6 is 0 Å². The summed E-state index contributed by atoms with van der Waals surface area (Å²) in [6.45, 7) is 5.60. The smallest absolute Gasteiger partial charge is 0.239 e. The minimum Gasteiger partial charge on any atom is -0.351 e. The molecule has 0 aromatic heterocycles. The van der Waals surface area contributed by atoms with E-state index in [1.165, 1.54) is 0 Å². The van der Waals surface area contributed by atoms with Crippen molar-refractivity contribution in [3.63, 3.8) is 0 Å². The largest absolute Gasteiger partial charge is 0.351 e. The van der Waals surface area contributed by atoms with Crippen LogP contribution in [0.2, 0.25) is 0 Å². The molecule has 2 saturated heterocycles. The number of nitrogens with zero attached hydrogens (tertiary/aromatic N) is 3. The van der Waals surface area contributed by atoms with Gasteiger partial charge in [-0.2, -0.15) is 0 Å². The Labute approximate surface area is 179 Å². The van der Waals surface area contributed by atoms with Gasteiger partial charge in [0.1, 0.15) is 0 Å². The van der Waals surface area contributed by atoms with E-state index in [4.69, 9.17) is 0 Å². The van der Waals surface area contributed by atoms with Crippen LogP contribution in [0.5, 0.6) is 0 Å². The van der Waals surface area contributed by atoms with Gasteiger partial charge in [-0.3, -0.25) is 19.4 Å². The number of sulfone groups is 1. The predicted octanol–water partition coefficient (Wildman–Crippen LogP) is -0.0456. The van der Waals surface area contributed by atoms with Crippen LogP contribution in [0.15, 0.2) is 30.3 Å². The van der Waals surface area contributed by atoms with Crippen molar-refractivity contribution in [1.82, 2.24) is 20.0 Å². The second-order valence-electron chi connectivity index (χ2n) is 8.26. The molecule has 8 nitrogen and oxygen atoms in total. The Bertz CT molecular complexity index is 838. The molecule has 2 amide bonds. The summed E-state index contributed by atoms with van der Waals surface area (Å²) in [5, 5.41) is 2.95. The van der Waals surface area contributed by atoms with Crippen LogP contribution in [0.25, 0.3) is 0 Å². The van der Waals surface area contributed by atoms with Gasteiger partial charge in [0.25, 0.3) is 0 Å². The highest BCUT2D eigenvalue weighted by molar-refractivity contribution is 7.91. The number of piperazine rings is 1. The van der Waals surface area contributed by atoms with Gasteiger partial charge >= 0.3 is 0 Å². The fraction of sp³-hybridized carbons (Fsp3) is 0.619. The van der Waals surface area contributed by atoms with E-state index in [0.717, 1.165) is 18.7 Å². The highest BCUT2D eigenvalue weighted by atomic mass is 32.2. The molecule has 0 radical (unpaired) electrons. The highest BCUT2D eigenvalue weighted by Crippen LogP contribution is 2.18. The molecule has 2 aliphatic heterocycles. The monoisotopic (exact) mass is 436 g/mol. The van der Waals surface area contributed by atoms with Gasteiger partial charge in [-0.25, -0.2) is 8.42 Å². The van der Waals surface area contributed by atoms with Crippen LogP contribution in [-0.2, 0) is 26.0 Å². The van der Waals surface area contributed by atoms with Crippen molar-refractivity contribution in [2.75, 3.05) is 51.3 Å². The summed E-state index contributed by atoms with van der Waals surface area (Å²) in [6.07, 6.45) is 0.517. The topological polar surface area (TPSA) is 90.0 Å². The average Bonchev–Trinajstić information content (AvgIpc) is 3.11. The van der Waals surface area contributed by atoms with Gasteiger partial charge < -0.3 is 10.2 Å². The lowest BCUT2D eigenvalue weighted by molar-refractivity contribution is -0.137. The molecule has 166 valence electrons. The number of rotatable bonds is 7. The zero-order valence-electron chi connectivity index (χ0n) is 17.8. The fourth-order valence-corrected chi connectivity index (χ4v) is 5.85. The normalized spacial score (nSPS) is 23.1. The third kappa shape index (κ3) is 6.02. The van der Waals surface area contributed by atoms with E-state index >= 15 is 0 Å². The molecule has 2 fully saturated rings. The minimum absolute atomic E-state index is 0.00129.